The molecule has 0 radical (unpaired) electrons. The van der Waals surface area contributed by atoms with Gasteiger partial charge in [0.25, 0.3) is 5.91 Å². The van der Waals surface area contributed by atoms with Crippen molar-refractivity contribution in [2.45, 2.75) is 6.92 Å². The zero-order valence-electron chi connectivity index (χ0n) is 14.0. The lowest BCUT2D eigenvalue weighted by Crippen LogP contribution is -2.17. The molecule has 4 nitrogen and oxygen atoms in total. The molecule has 132 valence electrons. The van der Waals surface area contributed by atoms with E-state index in [4.69, 9.17) is 16.6 Å². The van der Waals surface area contributed by atoms with Crippen LogP contribution in [0, 0.1) is 24.6 Å². The Labute approximate surface area is 163 Å². The Morgan fingerprint density at radius 2 is 2.15 bits per heavy atom. The summed E-state index contributed by atoms with van der Waals surface area (Å²) in [7, 11) is 0. The second-order valence-corrected chi connectivity index (χ2v) is 7.54. The quantitative estimate of drug-likeness (QED) is 0.382. The fraction of sp³-hybridized carbons (Fsp3) is 0.0500. The van der Waals surface area contributed by atoms with Crippen LogP contribution in [0.25, 0.3) is 17.0 Å². The second kappa shape index (κ2) is 6.99. The first-order chi connectivity index (χ1) is 13.0. The molecule has 0 aliphatic carbocycles. The highest BCUT2D eigenvalue weighted by atomic mass is 32.2. The molecule has 1 amide bonds. The summed E-state index contributed by atoms with van der Waals surface area (Å²) in [5.74, 6) is 6.03. The number of carbonyl (C=O) groups excluding carboxylic acids is 1. The van der Waals surface area contributed by atoms with Gasteiger partial charge in [-0.25, -0.2) is 4.39 Å². The van der Waals surface area contributed by atoms with Crippen LogP contribution in [0.5, 0.6) is 0 Å². The van der Waals surface area contributed by atoms with E-state index in [0.29, 0.717) is 37.3 Å². The van der Waals surface area contributed by atoms with Crippen molar-refractivity contribution in [1.29, 1.82) is 0 Å². The van der Waals surface area contributed by atoms with E-state index >= 15 is 0 Å². The van der Waals surface area contributed by atoms with E-state index in [9.17, 15) is 9.18 Å². The summed E-state index contributed by atoms with van der Waals surface area (Å²) in [5.41, 5.74) is 2.43. The molecule has 3 heterocycles. The number of thioether (sulfide) groups is 1. The number of pyridine rings is 1. The average molecular weight is 394 g/mol. The van der Waals surface area contributed by atoms with E-state index in [0.717, 1.165) is 5.39 Å². The van der Waals surface area contributed by atoms with E-state index in [1.807, 2.05) is 0 Å². The number of thiocarbonyl (C=S) groups is 1. The number of aryl methyl sites for hydroxylation is 1. The monoisotopic (exact) mass is 394 g/mol. The Hall–Kier alpha value is -2.95. The molecule has 1 saturated heterocycles. The molecule has 0 atom stereocenters. The van der Waals surface area contributed by atoms with Crippen LogP contribution in [0.15, 0.2) is 46.0 Å². The molecule has 3 aromatic rings. The fourth-order valence-corrected chi connectivity index (χ4v) is 3.58. The number of rotatable bonds is 1. The normalized spacial score (nSPS) is 15.1. The predicted molar refractivity (Wildman–Crippen MR) is 107 cm³/mol. The van der Waals surface area contributed by atoms with Crippen molar-refractivity contribution in [2.24, 2.45) is 0 Å². The SMILES string of the molecule is Cc1cc(C#Cc2cncc3cc(/C=C4\SC(=S)NC4=O)oc23)ccc1F. The van der Waals surface area contributed by atoms with Gasteiger partial charge in [-0.15, -0.1) is 0 Å². The minimum atomic E-state index is -0.263. The molecule has 1 fully saturated rings. The molecule has 4 rings (SSSR count). The Bertz CT molecular complexity index is 1200. The molecule has 0 saturated carbocycles. The number of hydrogen-bond donors (Lipinski definition) is 1. The summed E-state index contributed by atoms with van der Waals surface area (Å²) in [6.45, 7) is 1.69. The molecular weight excluding hydrogens is 383 g/mol. The highest BCUT2D eigenvalue weighted by molar-refractivity contribution is 8.26. The van der Waals surface area contributed by atoms with E-state index in [1.54, 1.807) is 43.6 Å². The van der Waals surface area contributed by atoms with Gasteiger partial charge in [0.05, 0.1) is 10.5 Å². The van der Waals surface area contributed by atoms with Crippen molar-refractivity contribution in [3.63, 3.8) is 0 Å². The van der Waals surface area contributed by atoms with E-state index in [2.05, 4.69) is 22.1 Å². The number of nitrogens with zero attached hydrogens (tertiary/aromatic N) is 1. The lowest BCUT2D eigenvalue weighted by atomic mass is 10.1. The molecule has 7 heteroatoms. The summed E-state index contributed by atoms with van der Waals surface area (Å²) in [5, 5.41) is 3.34. The molecule has 1 N–H and O–H groups in total. The Balaban J connectivity index is 1.71. The van der Waals surface area contributed by atoms with Gasteiger partial charge >= 0.3 is 0 Å². The molecule has 2 aromatic heterocycles. The minimum absolute atomic E-state index is 0.240. The van der Waals surface area contributed by atoms with Gasteiger partial charge in [0.2, 0.25) is 0 Å². The molecule has 0 spiro atoms. The number of hydrogen-bond acceptors (Lipinski definition) is 5. The highest BCUT2D eigenvalue weighted by Crippen LogP contribution is 2.29. The van der Waals surface area contributed by atoms with Gasteiger partial charge in [-0.2, -0.15) is 0 Å². The maximum absolute atomic E-state index is 13.4. The first-order valence-electron chi connectivity index (χ1n) is 7.90. The number of furan rings is 1. The third-order valence-corrected chi connectivity index (χ3v) is 5.02. The maximum Gasteiger partial charge on any atom is 0.263 e. The topological polar surface area (TPSA) is 55.1 Å². The average Bonchev–Trinajstić information content (AvgIpc) is 3.18. The van der Waals surface area contributed by atoms with Gasteiger partial charge in [0.1, 0.15) is 15.9 Å². The number of nitrogens with one attached hydrogen (secondary N) is 1. The lowest BCUT2D eigenvalue weighted by Gasteiger charge is -1.96. The Morgan fingerprint density at radius 1 is 1.30 bits per heavy atom. The van der Waals surface area contributed by atoms with Crippen molar-refractivity contribution in [1.82, 2.24) is 10.3 Å². The highest BCUT2D eigenvalue weighted by Gasteiger charge is 2.22. The maximum atomic E-state index is 13.4. The van der Waals surface area contributed by atoms with Gasteiger partial charge in [0, 0.05) is 29.4 Å². The van der Waals surface area contributed by atoms with Crippen LogP contribution in [0.1, 0.15) is 22.5 Å². The molecule has 1 aromatic carbocycles. The van der Waals surface area contributed by atoms with Crippen molar-refractivity contribution in [3.8, 4) is 11.8 Å². The van der Waals surface area contributed by atoms with Gasteiger partial charge in [-0.3, -0.25) is 9.78 Å². The van der Waals surface area contributed by atoms with E-state index < -0.39 is 0 Å². The van der Waals surface area contributed by atoms with Gasteiger partial charge < -0.3 is 9.73 Å². The van der Waals surface area contributed by atoms with Gasteiger partial charge in [0.15, 0.2) is 5.58 Å². The summed E-state index contributed by atoms with van der Waals surface area (Å²) in [6.07, 6.45) is 4.92. The first kappa shape index (κ1) is 17.5. The molecule has 1 aliphatic rings. The Kier molecular flexibility index (Phi) is 4.52. The van der Waals surface area contributed by atoms with Gasteiger partial charge in [-0.1, -0.05) is 35.8 Å². The smallest absolute Gasteiger partial charge is 0.263 e. The summed E-state index contributed by atoms with van der Waals surface area (Å²) in [4.78, 5) is 16.4. The third kappa shape index (κ3) is 3.63. The van der Waals surface area contributed by atoms with Crippen LogP contribution < -0.4 is 5.32 Å². The summed E-state index contributed by atoms with van der Waals surface area (Å²) in [6, 6.07) is 6.49. The third-order valence-electron chi connectivity index (χ3n) is 3.86. The van der Waals surface area contributed by atoms with Crippen molar-refractivity contribution in [3.05, 3.63) is 69.8 Å². The Morgan fingerprint density at radius 3 is 2.89 bits per heavy atom. The van der Waals surface area contributed by atoms with Crippen LogP contribution in [0.2, 0.25) is 0 Å². The standard InChI is InChI=1S/C20H11FN2O2S2/c1-11-6-12(3-5-16(11)21)2-4-13-9-22-10-14-7-15(25-18(13)14)8-17-19(24)23-20(26)27-17/h3,5-10H,1H3,(H,23,24,26)/b17-8-. The number of halogens is 1. The van der Waals surface area contributed by atoms with E-state index in [1.165, 1.54) is 17.8 Å². The number of aromatic nitrogens is 1. The second-order valence-electron chi connectivity index (χ2n) is 5.82. The fourth-order valence-electron chi connectivity index (χ4n) is 2.55. The largest absolute Gasteiger partial charge is 0.455 e. The summed E-state index contributed by atoms with van der Waals surface area (Å²) >= 11 is 6.17. The van der Waals surface area contributed by atoms with Crippen LogP contribution in [-0.4, -0.2) is 15.2 Å². The van der Waals surface area contributed by atoms with Crippen LogP contribution >= 0.6 is 24.0 Å². The van der Waals surface area contributed by atoms with Crippen LogP contribution in [-0.2, 0) is 4.79 Å². The first-order valence-corrected chi connectivity index (χ1v) is 9.12. The predicted octanol–water partition coefficient (Wildman–Crippen LogP) is 4.16. The van der Waals surface area contributed by atoms with Crippen molar-refractivity contribution in [2.75, 3.05) is 0 Å². The number of fused-ring (bicyclic) bond motifs is 1. The molecule has 27 heavy (non-hydrogen) atoms. The minimum Gasteiger partial charge on any atom is -0.455 e. The number of amides is 1. The lowest BCUT2D eigenvalue weighted by molar-refractivity contribution is -0.115. The van der Waals surface area contributed by atoms with E-state index in [-0.39, 0.29) is 11.7 Å². The molecule has 0 bridgehead atoms. The van der Waals surface area contributed by atoms with Crippen LogP contribution in [0.4, 0.5) is 4.39 Å². The van der Waals surface area contributed by atoms with Crippen molar-refractivity contribution >= 4 is 51.3 Å². The van der Waals surface area contributed by atoms with Gasteiger partial charge in [-0.05, 0) is 36.8 Å². The van der Waals surface area contributed by atoms with Crippen molar-refractivity contribution < 1.29 is 13.6 Å². The zero-order chi connectivity index (χ0) is 19.0. The zero-order valence-corrected chi connectivity index (χ0v) is 15.6. The van der Waals surface area contributed by atoms with Crippen LogP contribution in [0.3, 0.4) is 0 Å². The number of carbonyl (C=O) groups is 1. The summed E-state index contributed by atoms with van der Waals surface area (Å²) < 4.78 is 19.7. The molecule has 0 unspecified atom stereocenters. The molecular formula is C20H11FN2O2S2. The molecule has 1 aliphatic heterocycles. The number of benzene rings is 1.